The van der Waals surface area contributed by atoms with E-state index in [1.165, 1.54) is 0 Å². The van der Waals surface area contributed by atoms with Crippen molar-refractivity contribution in [1.82, 2.24) is 9.55 Å². The van der Waals surface area contributed by atoms with Crippen molar-refractivity contribution in [1.29, 1.82) is 0 Å². The van der Waals surface area contributed by atoms with Gasteiger partial charge in [-0.15, -0.1) is 0 Å². The molecular weight excluding hydrogens is 340 g/mol. The third-order valence-corrected chi connectivity index (χ3v) is 4.97. The molecule has 0 unspecified atom stereocenters. The number of carbonyl (C=O) groups is 1. The second-order valence-electron chi connectivity index (χ2n) is 6.68. The van der Waals surface area contributed by atoms with Crippen molar-refractivity contribution >= 4 is 38.9 Å². The van der Waals surface area contributed by atoms with Gasteiger partial charge < -0.3 is 14.1 Å². The summed E-state index contributed by atoms with van der Waals surface area (Å²) < 4.78 is 7.94. The van der Waals surface area contributed by atoms with Crippen molar-refractivity contribution in [3.8, 4) is 0 Å². The summed E-state index contributed by atoms with van der Waals surface area (Å²) in [5, 5.41) is 11.5. The minimum atomic E-state index is -0.936. The Morgan fingerprint density at radius 3 is 2.70 bits per heavy atom. The lowest BCUT2D eigenvalue weighted by Crippen LogP contribution is -2.03. The van der Waals surface area contributed by atoms with Crippen molar-refractivity contribution < 1.29 is 14.3 Å². The van der Waals surface area contributed by atoms with E-state index in [0.717, 1.165) is 44.4 Å². The molecule has 0 amide bonds. The molecule has 2 heterocycles. The largest absolute Gasteiger partial charge is 0.478 e. The molecule has 0 saturated heterocycles. The van der Waals surface area contributed by atoms with Crippen LogP contribution in [0.4, 0.5) is 0 Å². The van der Waals surface area contributed by atoms with E-state index in [1.54, 1.807) is 18.2 Å². The Hall–Kier alpha value is -3.60. The number of rotatable bonds is 3. The fourth-order valence-electron chi connectivity index (χ4n) is 3.63. The number of benzene rings is 3. The normalized spacial score (nSPS) is 11.6. The SMILES string of the molecule is Cc1nc2ccc(C(=O)O)cc2n1Cc1ccc2oc3ccccc3c2c1. The minimum Gasteiger partial charge on any atom is -0.478 e. The van der Waals surface area contributed by atoms with Gasteiger partial charge in [-0.1, -0.05) is 24.3 Å². The molecule has 5 rings (SSSR count). The second-order valence-corrected chi connectivity index (χ2v) is 6.68. The summed E-state index contributed by atoms with van der Waals surface area (Å²) >= 11 is 0. The average Bonchev–Trinajstić information content (AvgIpc) is 3.19. The first-order chi connectivity index (χ1) is 13.1. The summed E-state index contributed by atoms with van der Waals surface area (Å²) in [6.07, 6.45) is 0. The van der Waals surface area contributed by atoms with Crippen LogP contribution in [0.3, 0.4) is 0 Å². The van der Waals surface area contributed by atoms with E-state index in [-0.39, 0.29) is 5.56 Å². The fraction of sp³-hybridized carbons (Fsp3) is 0.0909. The third-order valence-electron chi connectivity index (χ3n) is 4.97. The zero-order valence-corrected chi connectivity index (χ0v) is 14.6. The number of fused-ring (bicyclic) bond motifs is 4. The first-order valence-electron chi connectivity index (χ1n) is 8.70. The van der Waals surface area contributed by atoms with Crippen molar-refractivity contribution in [3.63, 3.8) is 0 Å². The number of imidazole rings is 1. The number of carboxylic acids is 1. The molecule has 27 heavy (non-hydrogen) atoms. The zero-order chi connectivity index (χ0) is 18.5. The quantitative estimate of drug-likeness (QED) is 0.494. The Bertz CT molecular complexity index is 1340. The van der Waals surface area contributed by atoms with Crippen LogP contribution in [0.2, 0.25) is 0 Å². The van der Waals surface area contributed by atoms with Gasteiger partial charge >= 0.3 is 5.97 Å². The van der Waals surface area contributed by atoms with Crippen LogP contribution in [0.25, 0.3) is 33.0 Å². The van der Waals surface area contributed by atoms with Gasteiger partial charge in [0.1, 0.15) is 17.0 Å². The lowest BCUT2D eigenvalue weighted by molar-refractivity contribution is 0.0697. The molecule has 1 N–H and O–H groups in total. The predicted molar refractivity (Wildman–Crippen MR) is 104 cm³/mol. The molecule has 5 nitrogen and oxygen atoms in total. The van der Waals surface area contributed by atoms with Gasteiger partial charge in [-0.05, 0) is 48.9 Å². The summed E-state index contributed by atoms with van der Waals surface area (Å²) in [6.45, 7) is 2.55. The molecule has 0 spiro atoms. The van der Waals surface area contributed by atoms with Crippen LogP contribution in [0, 0.1) is 6.92 Å². The molecule has 132 valence electrons. The smallest absolute Gasteiger partial charge is 0.335 e. The average molecular weight is 356 g/mol. The number of carboxylic acid groups (broad SMARTS) is 1. The Balaban J connectivity index is 1.64. The molecule has 0 radical (unpaired) electrons. The number of aryl methyl sites for hydroxylation is 1. The van der Waals surface area contributed by atoms with Crippen molar-refractivity contribution in [3.05, 3.63) is 77.6 Å². The lowest BCUT2D eigenvalue weighted by Gasteiger charge is -2.08. The Labute approximate surface area is 154 Å². The number of para-hydroxylation sites is 1. The summed E-state index contributed by atoms with van der Waals surface area (Å²) in [5.74, 6) is -0.0849. The van der Waals surface area contributed by atoms with Gasteiger partial charge in [0.2, 0.25) is 0 Å². The van der Waals surface area contributed by atoms with Crippen LogP contribution in [0.5, 0.6) is 0 Å². The topological polar surface area (TPSA) is 68.3 Å². The molecule has 0 aliphatic carbocycles. The number of furan rings is 1. The zero-order valence-electron chi connectivity index (χ0n) is 14.6. The van der Waals surface area contributed by atoms with Crippen molar-refractivity contribution in [2.24, 2.45) is 0 Å². The van der Waals surface area contributed by atoms with Crippen molar-refractivity contribution in [2.45, 2.75) is 13.5 Å². The molecule has 0 aliphatic rings. The maximum absolute atomic E-state index is 11.3. The summed E-state index contributed by atoms with van der Waals surface area (Å²) in [7, 11) is 0. The van der Waals surface area contributed by atoms with Gasteiger partial charge in [0, 0.05) is 17.3 Å². The van der Waals surface area contributed by atoms with Crippen LogP contribution in [0.15, 0.2) is 65.1 Å². The second kappa shape index (κ2) is 5.71. The molecule has 0 aliphatic heterocycles. The van der Waals surface area contributed by atoms with Gasteiger partial charge in [-0.3, -0.25) is 0 Å². The minimum absolute atomic E-state index is 0.264. The Kier molecular flexibility index (Phi) is 3.31. The van der Waals surface area contributed by atoms with E-state index in [1.807, 2.05) is 41.8 Å². The maximum Gasteiger partial charge on any atom is 0.335 e. The van der Waals surface area contributed by atoms with E-state index in [9.17, 15) is 9.90 Å². The summed E-state index contributed by atoms with van der Waals surface area (Å²) in [6, 6.07) is 19.2. The van der Waals surface area contributed by atoms with E-state index in [4.69, 9.17) is 4.42 Å². The number of aromatic nitrogens is 2. The molecule has 0 fully saturated rings. The number of nitrogens with zero attached hydrogens (tertiary/aromatic N) is 2. The van der Waals surface area contributed by atoms with Crippen LogP contribution in [-0.4, -0.2) is 20.6 Å². The number of hydrogen-bond donors (Lipinski definition) is 1. The van der Waals surface area contributed by atoms with Crippen LogP contribution >= 0.6 is 0 Å². The van der Waals surface area contributed by atoms with E-state index in [2.05, 4.69) is 17.1 Å². The molecule has 0 saturated carbocycles. The number of aromatic carboxylic acids is 1. The van der Waals surface area contributed by atoms with Gasteiger partial charge in [-0.25, -0.2) is 9.78 Å². The van der Waals surface area contributed by atoms with Gasteiger partial charge in [0.15, 0.2) is 0 Å². The molecule has 0 atom stereocenters. The molecule has 5 heteroatoms. The van der Waals surface area contributed by atoms with Crippen LogP contribution in [-0.2, 0) is 6.54 Å². The van der Waals surface area contributed by atoms with Gasteiger partial charge in [0.25, 0.3) is 0 Å². The molecule has 3 aromatic carbocycles. The van der Waals surface area contributed by atoms with Crippen molar-refractivity contribution in [2.75, 3.05) is 0 Å². The molecule has 2 aromatic heterocycles. The highest BCUT2D eigenvalue weighted by atomic mass is 16.4. The van der Waals surface area contributed by atoms with Gasteiger partial charge in [-0.2, -0.15) is 0 Å². The van der Waals surface area contributed by atoms with Gasteiger partial charge in [0.05, 0.1) is 16.6 Å². The Morgan fingerprint density at radius 2 is 1.85 bits per heavy atom. The standard InChI is InChI=1S/C22H16N2O3/c1-13-23-18-8-7-15(22(25)26)11-19(18)24(13)12-14-6-9-21-17(10-14)16-4-2-3-5-20(16)27-21/h2-11H,12H2,1H3,(H,25,26). The Morgan fingerprint density at radius 1 is 1.04 bits per heavy atom. The third kappa shape index (κ3) is 2.47. The van der Waals surface area contributed by atoms with E-state index in [0.29, 0.717) is 6.54 Å². The number of hydrogen-bond acceptors (Lipinski definition) is 3. The maximum atomic E-state index is 11.3. The highest BCUT2D eigenvalue weighted by Crippen LogP contribution is 2.30. The summed E-state index contributed by atoms with van der Waals surface area (Å²) in [5.41, 5.74) is 4.73. The lowest BCUT2D eigenvalue weighted by atomic mass is 10.1. The first kappa shape index (κ1) is 15.6. The first-order valence-corrected chi connectivity index (χ1v) is 8.70. The molecule has 5 aromatic rings. The molecular formula is C22H16N2O3. The highest BCUT2D eigenvalue weighted by Gasteiger charge is 2.13. The fourth-order valence-corrected chi connectivity index (χ4v) is 3.63. The molecule has 0 bridgehead atoms. The predicted octanol–water partition coefficient (Wildman–Crippen LogP) is 4.99. The summed E-state index contributed by atoms with van der Waals surface area (Å²) in [4.78, 5) is 15.9. The van der Waals surface area contributed by atoms with E-state index < -0.39 is 5.97 Å². The van der Waals surface area contributed by atoms with Crippen LogP contribution in [0.1, 0.15) is 21.7 Å². The highest BCUT2D eigenvalue weighted by molar-refractivity contribution is 6.05. The van der Waals surface area contributed by atoms with Crippen LogP contribution < -0.4 is 0 Å². The monoisotopic (exact) mass is 356 g/mol. The van der Waals surface area contributed by atoms with E-state index >= 15 is 0 Å².